The van der Waals surface area contributed by atoms with Gasteiger partial charge in [0, 0.05) is 25.2 Å². The third-order valence-corrected chi connectivity index (χ3v) is 3.56. The van der Waals surface area contributed by atoms with Crippen LogP contribution in [0, 0.1) is 5.82 Å². The van der Waals surface area contributed by atoms with E-state index in [4.69, 9.17) is 16.3 Å². The highest BCUT2D eigenvalue weighted by Gasteiger charge is 2.29. The molecule has 1 fully saturated rings. The van der Waals surface area contributed by atoms with E-state index in [1.165, 1.54) is 12.1 Å². The maximum Gasteiger partial charge on any atom is 0.145 e. The molecule has 6 heteroatoms. The van der Waals surface area contributed by atoms with Gasteiger partial charge in [-0.25, -0.2) is 4.39 Å². The molecule has 2 rings (SSSR count). The molecule has 1 aliphatic rings. The van der Waals surface area contributed by atoms with Gasteiger partial charge in [0.15, 0.2) is 0 Å². The zero-order valence-corrected chi connectivity index (χ0v) is 11.2. The van der Waals surface area contributed by atoms with Crippen molar-refractivity contribution in [2.24, 2.45) is 0 Å². The summed E-state index contributed by atoms with van der Waals surface area (Å²) in [7, 11) is 0. The van der Waals surface area contributed by atoms with E-state index in [2.05, 4.69) is 0 Å². The SMILES string of the molecule is OC[C@@H]1C[C@H](O)CN1CCOc1ccc(Cl)c(F)c1. The molecular formula is C13H17ClFNO3. The normalized spacial score (nSPS) is 23.8. The maximum atomic E-state index is 13.2. The van der Waals surface area contributed by atoms with Gasteiger partial charge >= 0.3 is 0 Å². The lowest BCUT2D eigenvalue weighted by atomic mass is 10.2. The van der Waals surface area contributed by atoms with Crippen LogP contribution in [0.1, 0.15) is 6.42 Å². The molecule has 2 N–H and O–H groups in total. The van der Waals surface area contributed by atoms with Gasteiger partial charge in [-0.2, -0.15) is 0 Å². The number of ether oxygens (including phenoxy) is 1. The van der Waals surface area contributed by atoms with Crippen LogP contribution in [0.15, 0.2) is 18.2 Å². The first-order chi connectivity index (χ1) is 9.10. The number of hydrogen-bond donors (Lipinski definition) is 2. The number of likely N-dealkylation sites (tertiary alicyclic amines) is 1. The monoisotopic (exact) mass is 289 g/mol. The van der Waals surface area contributed by atoms with Crippen LogP contribution in [0.25, 0.3) is 0 Å². The van der Waals surface area contributed by atoms with Gasteiger partial charge in [0.25, 0.3) is 0 Å². The number of hydrogen-bond acceptors (Lipinski definition) is 4. The zero-order chi connectivity index (χ0) is 13.8. The molecule has 2 atom stereocenters. The van der Waals surface area contributed by atoms with Crippen LogP contribution in [0.5, 0.6) is 5.75 Å². The molecule has 1 saturated heterocycles. The Balaban J connectivity index is 1.81. The molecule has 0 spiro atoms. The molecule has 0 amide bonds. The van der Waals surface area contributed by atoms with E-state index in [1.807, 2.05) is 4.90 Å². The predicted molar refractivity (Wildman–Crippen MR) is 70.0 cm³/mol. The molecule has 106 valence electrons. The minimum Gasteiger partial charge on any atom is -0.492 e. The first kappa shape index (κ1) is 14.5. The topological polar surface area (TPSA) is 52.9 Å². The second-order valence-corrected chi connectivity index (χ2v) is 5.05. The number of benzene rings is 1. The van der Waals surface area contributed by atoms with Gasteiger partial charge in [0.05, 0.1) is 17.7 Å². The van der Waals surface area contributed by atoms with E-state index >= 15 is 0 Å². The van der Waals surface area contributed by atoms with Crippen molar-refractivity contribution in [1.29, 1.82) is 0 Å². The predicted octanol–water partition coefficient (Wildman–Crippen LogP) is 1.29. The molecule has 0 radical (unpaired) electrons. The van der Waals surface area contributed by atoms with Gasteiger partial charge < -0.3 is 14.9 Å². The Morgan fingerprint density at radius 2 is 2.26 bits per heavy atom. The number of halogens is 2. The summed E-state index contributed by atoms with van der Waals surface area (Å²) in [5, 5.41) is 18.8. The van der Waals surface area contributed by atoms with E-state index in [0.29, 0.717) is 31.9 Å². The van der Waals surface area contributed by atoms with Crippen molar-refractivity contribution < 1.29 is 19.3 Å². The number of aliphatic hydroxyl groups is 2. The lowest BCUT2D eigenvalue weighted by molar-refractivity contribution is 0.135. The van der Waals surface area contributed by atoms with Crippen LogP contribution in [0.2, 0.25) is 5.02 Å². The summed E-state index contributed by atoms with van der Waals surface area (Å²) in [6.07, 6.45) is 0.177. The van der Waals surface area contributed by atoms with Crippen molar-refractivity contribution >= 4 is 11.6 Å². The second kappa shape index (κ2) is 6.52. The summed E-state index contributed by atoms with van der Waals surface area (Å²) in [4.78, 5) is 1.97. The molecule has 1 heterocycles. The van der Waals surface area contributed by atoms with Crippen LogP contribution in [-0.4, -0.2) is 53.6 Å². The van der Waals surface area contributed by atoms with Crippen molar-refractivity contribution in [1.82, 2.24) is 4.90 Å². The first-order valence-electron chi connectivity index (χ1n) is 6.21. The fraction of sp³-hybridized carbons (Fsp3) is 0.538. The van der Waals surface area contributed by atoms with E-state index < -0.39 is 11.9 Å². The van der Waals surface area contributed by atoms with E-state index in [0.717, 1.165) is 0 Å². The van der Waals surface area contributed by atoms with E-state index in [9.17, 15) is 14.6 Å². The third-order valence-electron chi connectivity index (χ3n) is 3.25. The van der Waals surface area contributed by atoms with Crippen molar-refractivity contribution in [2.45, 2.75) is 18.6 Å². The molecule has 0 aliphatic carbocycles. The largest absolute Gasteiger partial charge is 0.492 e. The molecule has 0 saturated carbocycles. The Morgan fingerprint density at radius 3 is 2.95 bits per heavy atom. The molecule has 19 heavy (non-hydrogen) atoms. The van der Waals surface area contributed by atoms with Crippen LogP contribution < -0.4 is 4.74 Å². The highest BCUT2D eigenvalue weighted by molar-refractivity contribution is 6.30. The average Bonchev–Trinajstić information content (AvgIpc) is 2.74. The fourth-order valence-corrected chi connectivity index (χ4v) is 2.39. The lowest BCUT2D eigenvalue weighted by Gasteiger charge is -2.22. The maximum absolute atomic E-state index is 13.2. The number of β-amino-alcohol motifs (C(OH)–C–C–N with tert-alkyl or cyclic N) is 1. The quantitative estimate of drug-likeness (QED) is 0.858. The third kappa shape index (κ3) is 3.79. The fourth-order valence-electron chi connectivity index (χ4n) is 2.27. The van der Waals surface area contributed by atoms with Gasteiger partial charge in [-0.15, -0.1) is 0 Å². The van der Waals surface area contributed by atoms with Crippen LogP contribution in [0.4, 0.5) is 4.39 Å². The smallest absolute Gasteiger partial charge is 0.145 e. The first-order valence-corrected chi connectivity index (χ1v) is 6.58. The highest BCUT2D eigenvalue weighted by Crippen LogP contribution is 2.21. The lowest BCUT2D eigenvalue weighted by Crippen LogP contribution is -2.35. The number of nitrogens with zero attached hydrogens (tertiary/aromatic N) is 1. The highest BCUT2D eigenvalue weighted by atomic mass is 35.5. The van der Waals surface area contributed by atoms with Crippen LogP contribution in [-0.2, 0) is 0 Å². The molecule has 1 aromatic carbocycles. The summed E-state index contributed by atoms with van der Waals surface area (Å²) in [5.74, 6) is -0.0915. The Hall–Kier alpha value is -0.880. The Bertz CT molecular complexity index is 432. The number of aliphatic hydroxyl groups excluding tert-OH is 2. The van der Waals surface area contributed by atoms with Crippen molar-refractivity contribution in [3.8, 4) is 5.75 Å². The molecule has 1 aliphatic heterocycles. The van der Waals surface area contributed by atoms with Gasteiger partial charge in [0.2, 0.25) is 0 Å². The molecule has 0 aromatic heterocycles. The van der Waals surface area contributed by atoms with Gasteiger partial charge in [-0.3, -0.25) is 4.90 Å². The molecule has 1 aromatic rings. The van der Waals surface area contributed by atoms with Gasteiger partial charge in [0.1, 0.15) is 18.2 Å². The molecular weight excluding hydrogens is 273 g/mol. The Kier molecular flexibility index (Phi) is 4.99. The minimum absolute atomic E-state index is 0.0205. The van der Waals surface area contributed by atoms with Gasteiger partial charge in [-0.1, -0.05) is 11.6 Å². The second-order valence-electron chi connectivity index (χ2n) is 4.65. The summed E-state index contributed by atoms with van der Waals surface area (Å²) in [6, 6.07) is 4.27. The average molecular weight is 290 g/mol. The summed E-state index contributed by atoms with van der Waals surface area (Å²) >= 11 is 5.58. The zero-order valence-electron chi connectivity index (χ0n) is 10.4. The van der Waals surface area contributed by atoms with Crippen LogP contribution in [0.3, 0.4) is 0 Å². The minimum atomic E-state index is -0.510. The van der Waals surface area contributed by atoms with Crippen molar-refractivity contribution in [3.05, 3.63) is 29.0 Å². The standard InChI is InChI=1S/C13H17ClFNO3/c14-12-2-1-11(6-13(12)15)19-4-3-16-7-10(18)5-9(16)8-17/h1-2,6,9-10,17-18H,3-5,7-8H2/t9-,10-/m0/s1. The van der Waals surface area contributed by atoms with E-state index in [1.54, 1.807) is 6.07 Å². The van der Waals surface area contributed by atoms with Crippen LogP contribution >= 0.6 is 11.6 Å². The molecule has 4 nitrogen and oxygen atoms in total. The Morgan fingerprint density at radius 1 is 1.47 bits per heavy atom. The molecule has 0 bridgehead atoms. The van der Waals surface area contributed by atoms with E-state index in [-0.39, 0.29) is 17.7 Å². The molecule has 0 unspecified atom stereocenters. The number of rotatable bonds is 5. The van der Waals surface area contributed by atoms with Gasteiger partial charge in [-0.05, 0) is 18.6 Å². The summed E-state index contributed by atoms with van der Waals surface area (Å²) in [5.41, 5.74) is 0. The van der Waals surface area contributed by atoms with Crippen molar-refractivity contribution in [2.75, 3.05) is 26.3 Å². The summed E-state index contributed by atoms with van der Waals surface area (Å²) in [6.45, 7) is 1.49. The summed E-state index contributed by atoms with van der Waals surface area (Å²) < 4.78 is 18.6. The van der Waals surface area contributed by atoms with Crippen molar-refractivity contribution in [3.63, 3.8) is 0 Å². The Labute approximate surface area is 116 Å².